The summed E-state index contributed by atoms with van der Waals surface area (Å²) >= 11 is 0. The molecule has 0 aromatic heterocycles. The number of fused-ring (bicyclic) bond motifs is 1. The fourth-order valence-electron chi connectivity index (χ4n) is 3.12. The third kappa shape index (κ3) is 6.40. The summed E-state index contributed by atoms with van der Waals surface area (Å²) in [6.45, 7) is 5.69. The molecule has 0 saturated carbocycles. The lowest BCUT2D eigenvalue weighted by Gasteiger charge is -2.27. The Bertz CT molecular complexity index is 882. The predicted octanol–water partition coefficient (Wildman–Crippen LogP) is 3.18. The van der Waals surface area contributed by atoms with Crippen molar-refractivity contribution in [2.45, 2.75) is 32.9 Å². The van der Waals surface area contributed by atoms with Gasteiger partial charge in [0.15, 0.2) is 17.5 Å². The van der Waals surface area contributed by atoms with E-state index in [1.54, 1.807) is 7.05 Å². The number of hydrogen-bond acceptors (Lipinski definition) is 4. The Labute approximate surface area is 177 Å². The largest absolute Gasteiger partial charge is 0.486 e. The molecule has 0 radical (unpaired) electrons. The van der Waals surface area contributed by atoms with Crippen LogP contribution in [0.1, 0.15) is 25.8 Å². The fourth-order valence-corrected chi connectivity index (χ4v) is 3.12. The molecule has 1 aliphatic heterocycles. The number of carbonyl (C=O) groups excluding carboxylic acids is 1. The zero-order valence-electron chi connectivity index (χ0n) is 17.8. The van der Waals surface area contributed by atoms with Crippen LogP contribution in [0.2, 0.25) is 0 Å². The first kappa shape index (κ1) is 21.5. The van der Waals surface area contributed by atoms with Crippen LogP contribution in [0, 0.1) is 5.92 Å². The number of para-hydroxylation sites is 2. The molecule has 7 heteroatoms. The smallest absolute Gasteiger partial charge is 0.224 e. The lowest BCUT2D eigenvalue weighted by molar-refractivity contribution is -0.116. The zero-order chi connectivity index (χ0) is 21.3. The number of anilines is 1. The number of nitrogens with zero attached hydrogens (tertiary/aromatic N) is 1. The van der Waals surface area contributed by atoms with Crippen molar-refractivity contribution in [1.82, 2.24) is 10.6 Å². The summed E-state index contributed by atoms with van der Waals surface area (Å²) in [4.78, 5) is 16.2. The molecule has 7 nitrogen and oxygen atoms in total. The summed E-state index contributed by atoms with van der Waals surface area (Å²) in [7, 11) is 1.73. The van der Waals surface area contributed by atoms with E-state index < -0.39 is 0 Å². The maximum Gasteiger partial charge on any atom is 0.224 e. The minimum Gasteiger partial charge on any atom is -0.486 e. The average molecular weight is 411 g/mol. The molecule has 160 valence electrons. The third-order valence-corrected chi connectivity index (χ3v) is 4.55. The van der Waals surface area contributed by atoms with Crippen molar-refractivity contribution >= 4 is 17.6 Å². The topological polar surface area (TPSA) is 84.0 Å². The second kappa shape index (κ2) is 10.5. The number of carbonyl (C=O) groups is 1. The number of guanidine groups is 1. The van der Waals surface area contributed by atoms with Gasteiger partial charge in [-0.05, 0) is 35.7 Å². The Morgan fingerprint density at radius 1 is 1.13 bits per heavy atom. The number of nitrogens with one attached hydrogen (secondary N) is 3. The van der Waals surface area contributed by atoms with E-state index in [2.05, 4.69) is 20.9 Å². The number of ether oxygens (including phenoxy) is 2. The van der Waals surface area contributed by atoms with Crippen molar-refractivity contribution in [2.75, 3.05) is 25.5 Å². The first-order valence-electron chi connectivity index (χ1n) is 10.2. The molecular formula is C23H30N4O3. The SMILES string of the molecule is CN=C(NCc1cccc(NC(=O)CC(C)C)c1)NCC1COc2ccccc2O1. The molecule has 1 unspecified atom stereocenters. The summed E-state index contributed by atoms with van der Waals surface area (Å²) in [5, 5.41) is 9.51. The monoisotopic (exact) mass is 410 g/mol. The Balaban J connectivity index is 1.46. The van der Waals surface area contributed by atoms with Crippen LogP contribution < -0.4 is 25.4 Å². The van der Waals surface area contributed by atoms with Crippen LogP contribution >= 0.6 is 0 Å². The second-order valence-corrected chi connectivity index (χ2v) is 7.65. The molecule has 3 rings (SSSR count). The molecule has 1 aliphatic rings. The maximum atomic E-state index is 12.0. The van der Waals surface area contributed by atoms with E-state index in [-0.39, 0.29) is 12.0 Å². The van der Waals surface area contributed by atoms with Gasteiger partial charge in [-0.25, -0.2) is 0 Å². The van der Waals surface area contributed by atoms with Crippen LogP contribution in [0.5, 0.6) is 11.5 Å². The molecule has 0 spiro atoms. The molecule has 0 fully saturated rings. The average Bonchev–Trinajstić information content (AvgIpc) is 2.73. The van der Waals surface area contributed by atoms with Gasteiger partial charge >= 0.3 is 0 Å². The zero-order valence-corrected chi connectivity index (χ0v) is 17.8. The van der Waals surface area contributed by atoms with Crippen molar-refractivity contribution in [3.05, 3.63) is 54.1 Å². The molecular weight excluding hydrogens is 380 g/mol. The van der Waals surface area contributed by atoms with Crippen LogP contribution in [-0.2, 0) is 11.3 Å². The Morgan fingerprint density at radius 2 is 1.93 bits per heavy atom. The lowest BCUT2D eigenvalue weighted by atomic mass is 10.1. The van der Waals surface area contributed by atoms with Gasteiger partial charge in [-0.15, -0.1) is 0 Å². The van der Waals surface area contributed by atoms with E-state index in [1.807, 2.05) is 62.4 Å². The van der Waals surface area contributed by atoms with Crippen LogP contribution in [0.4, 0.5) is 5.69 Å². The number of rotatable bonds is 7. The van der Waals surface area contributed by atoms with Gasteiger partial charge < -0.3 is 25.4 Å². The van der Waals surface area contributed by atoms with Crippen LogP contribution in [-0.4, -0.2) is 38.2 Å². The normalized spacial score (nSPS) is 15.6. The molecule has 1 amide bonds. The van der Waals surface area contributed by atoms with Crippen molar-refractivity contribution < 1.29 is 14.3 Å². The highest BCUT2D eigenvalue weighted by molar-refractivity contribution is 5.90. The minimum atomic E-state index is -0.0991. The molecule has 2 aromatic carbocycles. The van der Waals surface area contributed by atoms with Gasteiger partial charge in [0.1, 0.15) is 12.7 Å². The number of hydrogen-bond donors (Lipinski definition) is 3. The Hall–Kier alpha value is -3.22. The molecule has 2 aromatic rings. The van der Waals surface area contributed by atoms with Crippen molar-refractivity contribution in [3.63, 3.8) is 0 Å². The van der Waals surface area contributed by atoms with E-state index in [0.29, 0.717) is 38.0 Å². The number of benzene rings is 2. The fraction of sp³-hybridized carbons (Fsp3) is 0.391. The standard InChI is InChI=1S/C23H30N4O3/c1-16(2)11-22(28)27-18-8-6-7-17(12-18)13-25-23(24-3)26-14-19-15-29-20-9-4-5-10-21(20)30-19/h4-10,12,16,19H,11,13-15H2,1-3H3,(H,27,28)(H2,24,25,26). The van der Waals surface area contributed by atoms with Gasteiger partial charge in [-0.1, -0.05) is 38.1 Å². The highest BCUT2D eigenvalue weighted by Gasteiger charge is 2.20. The Kier molecular flexibility index (Phi) is 7.54. The van der Waals surface area contributed by atoms with Gasteiger partial charge in [0.05, 0.1) is 6.54 Å². The maximum absolute atomic E-state index is 12.0. The van der Waals surface area contributed by atoms with Crippen LogP contribution in [0.15, 0.2) is 53.5 Å². The van der Waals surface area contributed by atoms with Crippen molar-refractivity contribution in [3.8, 4) is 11.5 Å². The second-order valence-electron chi connectivity index (χ2n) is 7.65. The quantitative estimate of drug-likeness (QED) is 0.482. The summed E-state index contributed by atoms with van der Waals surface area (Å²) in [6, 6.07) is 15.5. The molecule has 0 bridgehead atoms. The summed E-state index contributed by atoms with van der Waals surface area (Å²) in [5.74, 6) is 2.57. The van der Waals surface area contributed by atoms with Gasteiger partial charge in [0, 0.05) is 25.7 Å². The summed E-state index contributed by atoms with van der Waals surface area (Å²) in [6.07, 6.45) is 0.411. The predicted molar refractivity (Wildman–Crippen MR) is 119 cm³/mol. The highest BCUT2D eigenvalue weighted by atomic mass is 16.6. The van der Waals surface area contributed by atoms with Gasteiger partial charge in [-0.3, -0.25) is 9.79 Å². The van der Waals surface area contributed by atoms with Crippen molar-refractivity contribution in [2.24, 2.45) is 10.9 Å². The van der Waals surface area contributed by atoms with E-state index in [0.717, 1.165) is 22.7 Å². The third-order valence-electron chi connectivity index (χ3n) is 4.55. The molecule has 0 saturated heterocycles. The number of aliphatic imine (C=N–C) groups is 1. The summed E-state index contributed by atoms with van der Waals surface area (Å²) < 4.78 is 11.7. The molecule has 1 atom stereocenters. The lowest BCUT2D eigenvalue weighted by Crippen LogP contribution is -2.45. The van der Waals surface area contributed by atoms with Gasteiger partial charge in [-0.2, -0.15) is 0 Å². The van der Waals surface area contributed by atoms with Crippen LogP contribution in [0.3, 0.4) is 0 Å². The van der Waals surface area contributed by atoms with E-state index in [4.69, 9.17) is 9.47 Å². The summed E-state index contributed by atoms with van der Waals surface area (Å²) in [5.41, 5.74) is 1.85. The van der Waals surface area contributed by atoms with Gasteiger partial charge in [0.2, 0.25) is 5.91 Å². The molecule has 0 aliphatic carbocycles. The van der Waals surface area contributed by atoms with Crippen molar-refractivity contribution in [1.29, 1.82) is 0 Å². The number of amides is 1. The highest BCUT2D eigenvalue weighted by Crippen LogP contribution is 2.30. The van der Waals surface area contributed by atoms with Crippen LogP contribution in [0.25, 0.3) is 0 Å². The van der Waals surface area contributed by atoms with E-state index in [1.165, 1.54) is 0 Å². The van der Waals surface area contributed by atoms with E-state index in [9.17, 15) is 4.79 Å². The van der Waals surface area contributed by atoms with Gasteiger partial charge in [0.25, 0.3) is 0 Å². The molecule has 3 N–H and O–H groups in total. The Morgan fingerprint density at radius 3 is 2.70 bits per heavy atom. The first-order valence-corrected chi connectivity index (χ1v) is 10.2. The van der Waals surface area contributed by atoms with E-state index >= 15 is 0 Å². The minimum absolute atomic E-state index is 0.0314. The molecule has 1 heterocycles. The molecule has 30 heavy (non-hydrogen) atoms. The first-order chi connectivity index (χ1) is 14.5.